The van der Waals surface area contributed by atoms with Crippen molar-refractivity contribution in [2.75, 3.05) is 5.32 Å². The monoisotopic (exact) mass is 258 g/mol. The standard InChI is InChI=1S/C12H11FN6/c1-8(9-4-2-3-5-10(9)13)14-11-6-7-12-15-17-18-19(12)16-11/h2-8H,1H3,(H,14,16). The predicted molar refractivity (Wildman–Crippen MR) is 67.0 cm³/mol. The van der Waals surface area contributed by atoms with Crippen molar-refractivity contribution in [3.8, 4) is 0 Å². The van der Waals surface area contributed by atoms with Crippen molar-refractivity contribution < 1.29 is 4.39 Å². The van der Waals surface area contributed by atoms with Crippen LogP contribution in [-0.2, 0) is 0 Å². The van der Waals surface area contributed by atoms with Gasteiger partial charge in [-0.05, 0) is 35.5 Å². The molecule has 1 atom stereocenters. The third-order valence-corrected chi connectivity index (χ3v) is 2.81. The Balaban J connectivity index is 1.86. The summed E-state index contributed by atoms with van der Waals surface area (Å²) in [7, 11) is 0. The highest BCUT2D eigenvalue weighted by atomic mass is 19.1. The maximum Gasteiger partial charge on any atom is 0.200 e. The number of rotatable bonds is 3. The lowest BCUT2D eigenvalue weighted by Crippen LogP contribution is -2.11. The van der Waals surface area contributed by atoms with Gasteiger partial charge in [0, 0.05) is 5.56 Å². The molecule has 3 aromatic rings. The largest absolute Gasteiger partial charge is 0.362 e. The predicted octanol–water partition coefficient (Wildman–Crippen LogP) is 1.83. The molecule has 2 heterocycles. The number of aromatic nitrogens is 5. The maximum absolute atomic E-state index is 13.6. The van der Waals surface area contributed by atoms with E-state index in [1.54, 1.807) is 30.3 Å². The van der Waals surface area contributed by atoms with E-state index < -0.39 is 0 Å². The molecule has 1 N–H and O–H groups in total. The van der Waals surface area contributed by atoms with Gasteiger partial charge >= 0.3 is 0 Å². The van der Waals surface area contributed by atoms with Crippen molar-refractivity contribution in [2.45, 2.75) is 13.0 Å². The normalized spacial score (nSPS) is 12.5. The van der Waals surface area contributed by atoms with Gasteiger partial charge in [0.15, 0.2) is 5.65 Å². The second-order valence-electron chi connectivity index (χ2n) is 4.13. The Morgan fingerprint density at radius 3 is 2.89 bits per heavy atom. The molecule has 0 fully saturated rings. The van der Waals surface area contributed by atoms with E-state index in [0.29, 0.717) is 17.0 Å². The summed E-state index contributed by atoms with van der Waals surface area (Å²) in [5, 5.41) is 18.3. The van der Waals surface area contributed by atoms with Gasteiger partial charge in [-0.2, -0.15) is 0 Å². The fraction of sp³-hybridized carbons (Fsp3) is 0.167. The Bertz CT molecular complexity index is 710. The van der Waals surface area contributed by atoms with Crippen LogP contribution in [0, 0.1) is 5.82 Å². The second kappa shape index (κ2) is 4.60. The highest BCUT2D eigenvalue weighted by molar-refractivity contribution is 5.43. The number of tetrazole rings is 1. The van der Waals surface area contributed by atoms with Gasteiger partial charge < -0.3 is 5.32 Å². The van der Waals surface area contributed by atoms with Crippen molar-refractivity contribution in [1.29, 1.82) is 0 Å². The lowest BCUT2D eigenvalue weighted by molar-refractivity contribution is 0.599. The van der Waals surface area contributed by atoms with Crippen molar-refractivity contribution in [1.82, 2.24) is 25.3 Å². The van der Waals surface area contributed by atoms with E-state index in [4.69, 9.17) is 0 Å². The highest BCUT2D eigenvalue weighted by Crippen LogP contribution is 2.20. The summed E-state index contributed by atoms with van der Waals surface area (Å²) in [6.07, 6.45) is 0. The summed E-state index contributed by atoms with van der Waals surface area (Å²) in [6, 6.07) is 9.93. The Kier molecular flexibility index (Phi) is 2.79. The van der Waals surface area contributed by atoms with Gasteiger partial charge in [0.1, 0.15) is 11.6 Å². The quantitative estimate of drug-likeness (QED) is 0.776. The first-order valence-electron chi connectivity index (χ1n) is 5.80. The van der Waals surface area contributed by atoms with E-state index in [-0.39, 0.29) is 11.9 Å². The minimum Gasteiger partial charge on any atom is -0.362 e. The summed E-state index contributed by atoms with van der Waals surface area (Å²) in [5.74, 6) is 0.335. The minimum absolute atomic E-state index is 0.206. The van der Waals surface area contributed by atoms with Crippen molar-refractivity contribution in [2.24, 2.45) is 0 Å². The Labute approximate surface area is 108 Å². The van der Waals surface area contributed by atoms with E-state index in [1.807, 2.05) is 6.92 Å². The number of nitrogens with zero attached hydrogens (tertiary/aromatic N) is 5. The zero-order chi connectivity index (χ0) is 13.2. The van der Waals surface area contributed by atoms with Crippen LogP contribution in [0.3, 0.4) is 0 Å². The highest BCUT2D eigenvalue weighted by Gasteiger charge is 2.11. The van der Waals surface area contributed by atoms with E-state index >= 15 is 0 Å². The van der Waals surface area contributed by atoms with Crippen LogP contribution in [0.5, 0.6) is 0 Å². The van der Waals surface area contributed by atoms with Crippen LogP contribution < -0.4 is 5.32 Å². The lowest BCUT2D eigenvalue weighted by atomic mass is 10.1. The fourth-order valence-corrected chi connectivity index (χ4v) is 1.85. The number of benzene rings is 1. The molecule has 0 bridgehead atoms. The smallest absolute Gasteiger partial charge is 0.200 e. The molecule has 19 heavy (non-hydrogen) atoms. The summed E-state index contributed by atoms with van der Waals surface area (Å²) in [4.78, 5) is 0. The Morgan fingerprint density at radius 1 is 1.21 bits per heavy atom. The maximum atomic E-state index is 13.6. The molecule has 7 heteroatoms. The average Bonchev–Trinajstić information content (AvgIpc) is 2.86. The molecular formula is C12H11FN6. The van der Waals surface area contributed by atoms with Crippen molar-refractivity contribution in [3.63, 3.8) is 0 Å². The van der Waals surface area contributed by atoms with Crippen LogP contribution in [0.1, 0.15) is 18.5 Å². The summed E-state index contributed by atoms with van der Waals surface area (Å²) in [5.41, 5.74) is 1.14. The van der Waals surface area contributed by atoms with Crippen molar-refractivity contribution in [3.05, 3.63) is 47.8 Å². The van der Waals surface area contributed by atoms with E-state index in [9.17, 15) is 4.39 Å². The number of fused-ring (bicyclic) bond motifs is 1. The molecule has 0 aliphatic rings. The molecule has 0 radical (unpaired) electrons. The second-order valence-corrected chi connectivity index (χ2v) is 4.13. The zero-order valence-corrected chi connectivity index (χ0v) is 10.2. The first-order valence-corrected chi connectivity index (χ1v) is 5.80. The molecule has 0 aliphatic heterocycles. The van der Waals surface area contributed by atoms with Gasteiger partial charge in [0.25, 0.3) is 0 Å². The van der Waals surface area contributed by atoms with Gasteiger partial charge in [-0.15, -0.1) is 14.8 Å². The number of halogens is 1. The molecule has 6 nitrogen and oxygen atoms in total. The van der Waals surface area contributed by atoms with E-state index in [2.05, 4.69) is 25.9 Å². The fourth-order valence-electron chi connectivity index (χ4n) is 1.85. The molecule has 2 aromatic heterocycles. The molecule has 1 aromatic carbocycles. The molecule has 0 amide bonds. The first kappa shape index (κ1) is 11.5. The molecule has 0 aliphatic carbocycles. The lowest BCUT2D eigenvalue weighted by Gasteiger charge is -2.15. The molecule has 1 unspecified atom stereocenters. The molecule has 96 valence electrons. The van der Waals surface area contributed by atoms with E-state index in [0.717, 1.165) is 0 Å². The molecule has 0 spiro atoms. The van der Waals surface area contributed by atoms with Crippen LogP contribution >= 0.6 is 0 Å². The molecule has 0 saturated carbocycles. The number of anilines is 1. The van der Waals surface area contributed by atoms with Crippen molar-refractivity contribution >= 4 is 11.5 Å². The number of hydrogen-bond acceptors (Lipinski definition) is 5. The van der Waals surface area contributed by atoms with Crippen LogP contribution in [0.15, 0.2) is 36.4 Å². The van der Waals surface area contributed by atoms with Crippen LogP contribution in [0.4, 0.5) is 10.2 Å². The van der Waals surface area contributed by atoms with Crippen LogP contribution in [-0.4, -0.2) is 25.3 Å². The first-order chi connectivity index (χ1) is 9.24. The van der Waals surface area contributed by atoms with Crippen LogP contribution in [0.2, 0.25) is 0 Å². The van der Waals surface area contributed by atoms with Gasteiger partial charge in [0.05, 0.1) is 6.04 Å². The third-order valence-electron chi connectivity index (χ3n) is 2.81. The summed E-state index contributed by atoms with van der Waals surface area (Å²) >= 11 is 0. The summed E-state index contributed by atoms with van der Waals surface area (Å²) < 4.78 is 15.0. The van der Waals surface area contributed by atoms with Gasteiger partial charge in [0.2, 0.25) is 0 Å². The minimum atomic E-state index is -0.244. The Hall–Kier alpha value is -2.57. The average molecular weight is 258 g/mol. The molecular weight excluding hydrogens is 247 g/mol. The SMILES string of the molecule is CC(Nc1ccc2nnnn2n1)c1ccccc1F. The summed E-state index contributed by atoms with van der Waals surface area (Å²) in [6.45, 7) is 1.86. The zero-order valence-electron chi connectivity index (χ0n) is 10.2. The molecule has 3 rings (SSSR count). The Morgan fingerprint density at radius 2 is 2.05 bits per heavy atom. The van der Waals surface area contributed by atoms with Gasteiger partial charge in [-0.3, -0.25) is 0 Å². The van der Waals surface area contributed by atoms with Gasteiger partial charge in [-0.1, -0.05) is 18.2 Å². The number of nitrogens with one attached hydrogen (secondary N) is 1. The molecule has 0 saturated heterocycles. The number of hydrogen-bond donors (Lipinski definition) is 1. The van der Waals surface area contributed by atoms with Crippen LogP contribution in [0.25, 0.3) is 5.65 Å². The third kappa shape index (κ3) is 2.22. The van der Waals surface area contributed by atoms with E-state index in [1.165, 1.54) is 10.7 Å². The van der Waals surface area contributed by atoms with Gasteiger partial charge in [-0.25, -0.2) is 4.39 Å². The topological polar surface area (TPSA) is 68.0 Å².